The number of anilines is 1. The highest BCUT2D eigenvalue weighted by molar-refractivity contribution is 6.31. The van der Waals surface area contributed by atoms with Crippen LogP contribution in [0.25, 0.3) is 22.2 Å². The van der Waals surface area contributed by atoms with Crippen LogP contribution in [-0.4, -0.2) is 20.4 Å². The Morgan fingerprint density at radius 3 is 2.50 bits per heavy atom. The maximum absolute atomic E-state index is 13.1. The summed E-state index contributed by atoms with van der Waals surface area (Å²) < 4.78 is 1.91. The number of nitrogen functional groups attached to an aromatic ring is 1. The van der Waals surface area contributed by atoms with Gasteiger partial charge in [-0.1, -0.05) is 61.7 Å². The number of carbonyl (C=O) groups is 1. The monoisotopic (exact) mass is 421 g/mol. The third-order valence-corrected chi connectivity index (χ3v) is 5.57. The number of aryl methyl sites for hydroxylation is 1. The van der Waals surface area contributed by atoms with Crippen LogP contribution in [0.4, 0.5) is 5.82 Å². The van der Waals surface area contributed by atoms with Gasteiger partial charge in [0, 0.05) is 18.1 Å². The molecule has 2 aromatic carbocycles. The zero-order valence-corrected chi connectivity index (χ0v) is 17.6. The molecule has 0 fully saturated rings. The molecule has 0 radical (unpaired) electrons. The van der Waals surface area contributed by atoms with Gasteiger partial charge < -0.3 is 15.6 Å². The first-order valence-electron chi connectivity index (χ1n) is 10.2. The van der Waals surface area contributed by atoms with Gasteiger partial charge in [0.2, 0.25) is 0 Å². The lowest BCUT2D eigenvalue weighted by Gasteiger charge is -2.08. The Bertz CT molecular complexity index is 1220. The number of nitrogens with one attached hydrogen (secondary N) is 1. The van der Waals surface area contributed by atoms with E-state index >= 15 is 0 Å². The number of aromatic nitrogens is 3. The fourth-order valence-electron chi connectivity index (χ4n) is 3.59. The Morgan fingerprint density at radius 1 is 1.07 bits per heavy atom. The van der Waals surface area contributed by atoms with Crippen molar-refractivity contribution in [2.45, 2.75) is 39.3 Å². The minimum absolute atomic E-state index is 0.281. The van der Waals surface area contributed by atoms with Gasteiger partial charge in [0.05, 0.1) is 11.0 Å². The van der Waals surface area contributed by atoms with Crippen molar-refractivity contribution in [3.63, 3.8) is 0 Å². The molecule has 7 heteroatoms. The first kappa shape index (κ1) is 20.2. The van der Waals surface area contributed by atoms with Gasteiger partial charge in [0.15, 0.2) is 5.65 Å². The van der Waals surface area contributed by atoms with Gasteiger partial charge in [-0.25, -0.2) is 9.97 Å². The molecule has 4 rings (SSSR count). The summed E-state index contributed by atoms with van der Waals surface area (Å²) >= 11 is 6.22. The van der Waals surface area contributed by atoms with E-state index in [1.807, 2.05) is 47.0 Å². The normalized spacial score (nSPS) is 11.3. The number of unbranched alkanes of at least 4 members (excludes halogenated alkanes) is 2. The summed E-state index contributed by atoms with van der Waals surface area (Å²) in [7, 11) is 0. The summed E-state index contributed by atoms with van der Waals surface area (Å²) in [5.41, 5.74) is 10.3. The number of amides is 1. The Hall–Kier alpha value is -3.12. The van der Waals surface area contributed by atoms with E-state index in [1.165, 1.54) is 0 Å². The van der Waals surface area contributed by atoms with Crippen LogP contribution in [0.2, 0.25) is 5.02 Å². The number of halogens is 1. The standard InChI is InChI=1S/C23H24ClN5O/c1-2-3-8-13-29-21(25)19(23(30)26-14-15-9-4-5-10-16(15)24)20-22(29)28-18-12-7-6-11-17(18)27-20/h4-7,9-12H,2-3,8,13-14,25H2,1H3,(H,26,30). The van der Waals surface area contributed by atoms with Crippen LogP contribution >= 0.6 is 11.6 Å². The van der Waals surface area contributed by atoms with E-state index in [9.17, 15) is 4.79 Å². The topological polar surface area (TPSA) is 85.8 Å². The molecule has 4 aromatic rings. The maximum Gasteiger partial charge on any atom is 0.257 e. The van der Waals surface area contributed by atoms with Gasteiger partial charge >= 0.3 is 0 Å². The largest absolute Gasteiger partial charge is 0.384 e. The average molecular weight is 422 g/mol. The second-order valence-corrected chi connectivity index (χ2v) is 7.68. The molecule has 6 nitrogen and oxygen atoms in total. The number of hydrogen-bond acceptors (Lipinski definition) is 4. The van der Waals surface area contributed by atoms with E-state index in [4.69, 9.17) is 27.3 Å². The molecule has 0 saturated carbocycles. The number of nitrogens with zero attached hydrogens (tertiary/aromatic N) is 3. The molecule has 0 aliphatic heterocycles. The molecule has 2 heterocycles. The molecule has 30 heavy (non-hydrogen) atoms. The molecular weight excluding hydrogens is 398 g/mol. The second-order valence-electron chi connectivity index (χ2n) is 7.28. The first-order chi connectivity index (χ1) is 14.6. The van der Waals surface area contributed by atoms with Crippen LogP contribution in [0.15, 0.2) is 48.5 Å². The van der Waals surface area contributed by atoms with Crippen molar-refractivity contribution < 1.29 is 4.79 Å². The number of para-hydroxylation sites is 2. The molecule has 0 aliphatic rings. The van der Waals surface area contributed by atoms with Crippen LogP contribution in [0.3, 0.4) is 0 Å². The molecule has 2 aromatic heterocycles. The predicted octanol–water partition coefficient (Wildman–Crippen LogP) is 4.94. The van der Waals surface area contributed by atoms with E-state index in [1.54, 1.807) is 6.07 Å². The quantitative estimate of drug-likeness (QED) is 0.414. The Kier molecular flexibility index (Phi) is 5.86. The van der Waals surface area contributed by atoms with E-state index < -0.39 is 0 Å². The summed E-state index contributed by atoms with van der Waals surface area (Å²) in [5, 5.41) is 3.54. The predicted molar refractivity (Wildman–Crippen MR) is 122 cm³/mol. The van der Waals surface area contributed by atoms with E-state index in [0.717, 1.165) is 35.9 Å². The number of rotatable bonds is 7. The summed E-state index contributed by atoms with van der Waals surface area (Å²) in [5.74, 6) is 0.115. The van der Waals surface area contributed by atoms with Crippen molar-refractivity contribution >= 4 is 45.5 Å². The van der Waals surface area contributed by atoms with Crippen LogP contribution in [0, 0.1) is 0 Å². The van der Waals surface area contributed by atoms with Gasteiger partial charge in [0.1, 0.15) is 16.9 Å². The molecular formula is C23H24ClN5O. The molecule has 0 bridgehead atoms. The lowest BCUT2D eigenvalue weighted by molar-refractivity contribution is 0.0953. The summed E-state index contributed by atoms with van der Waals surface area (Å²) in [6.45, 7) is 3.15. The van der Waals surface area contributed by atoms with Crippen molar-refractivity contribution in [1.29, 1.82) is 0 Å². The molecule has 154 valence electrons. The fraction of sp³-hybridized carbons (Fsp3) is 0.261. The molecule has 0 spiro atoms. The third-order valence-electron chi connectivity index (χ3n) is 5.20. The molecule has 1 amide bonds. The van der Waals surface area contributed by atoms with E-state index in [-0.39, 0.29) is 5.91 Å². The van der Waals surface area contributed by atoms with Crippen LogP contribution in [-0.2, 0) is 13.1 Å². The van der Waals surface area contributed by atoms with Gasteiger partial charge in [-0.2, -0.15) is 0 Å². The van der Waals surface area contributed by atoms with Gasteiger partial charge in [-0.3, -0.25) is 4.79 Å². The smallest absolute Gasteiger partial charge is 0.257 e. The molecule has 3 N–H and O–H groups in total. The fourth-order valence-corrected chi connectivity index (χ4v) is 3.80. The molecule has 0 unspecified atom stereocenters. The van der Waals surface area contributed by atoms with Crippen molar-refractivity contribution in [2.75, 3.05) is 5.73 Å². The number of nitrogens with two attached hydrogens (primary N) is 1. The Balaban J connectivity index is 1.75. The number of fused-ring (bicyclic) bond motifs is 2. The van der Waals surface area contributed by atoms with Crippen molar-refractivity contribution in [3.05, 3.63) is 64.7 Å². The van der Waals surface area contributed by atoms with E-state index in [2.05, 4.69) is 12.2 Å². The highest BCUT2D eigenvalue weighted by Gasteiger charge is 2.23. The molecule has 0 aliphatic carbocycles. The second kappa shape index (κ2) is 8.71. The number of benzene rings is 2. The zero-order chi connectivity index (χ0) is 21.1. The Morgan fingerprint density at radius 2 is 1.77 bits per heavy atom. The summed E-state index contributed by atoms with van der Waals surface area (Å²) in [6, 6.07) is 15.1. The van der Waals surface area contributed by atoms with E-state index in [0.29, 0.717) is 40.7 Å². The molecule has 0 saturated heterocycles. The van der Waals surface area contributed by atoms with Crippen LogP contribution in [0.1, 0.15) is 42.1 Å². The maximum atomic E-state index is 13.1. The zero-order valence-electron chi connectivity index (χ0n) is 16.9. The van der Waals surface area contributed by atoms with Gasteiger partial charge in [-0.15, -0.1) is 0 Å². The van der Waals surface area contributed by atoms with Crippen molar-refractivity contribution in [2.24, 2.45) is 0 Å². The van der Waals surface area contributed by atoms with Gasteiger partial charge in [-0.05, 0) is 30.2 Å². The highest BCUT2D eigenvalue weighted by atomic mass is 35.5. The lowest BCUT2D eigenvalue weighted by Crippen LogP contribution is -2.24. The summed E-state index contributed by atoms with van der Waals surface area (Å²) in [4.78, 5) is 22.6. The highest BCUT2D eigenvalue weighted by Crippen LogP contribution is 2.28. The third kappa shape index (κ3) is 3.83. The number of carbonyl (C=O) groups excluding carboxylic acids is 1. The van der Waals surface area contributed by atoms with Crippen LogP contribution < -0.4 is 11.1 Å². The SMILES string of the molecule is CCCCCn1c(N)c(C(=O)NCc2ccccc2Cl)c2nc3ccccc3nc21. The average Bonchev–Trinajstić information content (AvgIpc) is 3.02. The Labute approximate surface area is 180 Å². The first-order valence-corrected chi connectivity index (χ1v) is 10.5. The van der Waals surface area contributed by atoms with Crippen molar-refractivity contribution in [3.8, 4) is 0 Å². The lowest BCUT2D eigenvalue weighted by atomic mass is 10.2. The van der Waals surface area contributed by atoms with Gasteiger partial charge in [0.25, 0.3) is 5.91 Å². The minimum atomic E-state index is -0.281. The minimum Gasteiger partial charge on any atom is -0.384 e. The van der Waals surface area contributed by atoms with Crippen molar-refractivity contribution in [1.82, 2.24) is 19.9 Å². The number of hydrogen-bond donors (Lipinski definition) is 2. The van der Waals surface area contributed by atoms with Crippen LogP contribution in [0.5, 0.6) is 0 Å². The molecule has 0 atom stereocenters. The summed E-state index contributed by atoms with van der Waals surface area (Å²) in [6.07, 6.45) is 3.13.